The Bertz CT molecular complexity index is 561. The Hall–Kier alpha value is -1.49. The number of carbonyl (C=O) groups is 1. The summed E-state index contributed by atoms with van der Waals surface area (Å²) < 4.78 is -0.333. The molecule has 0 spiro atoms. The maximum Gasteiger partial charge on any atom is 0.241 e. The molecule has 0 radical (unpaired) electrons. The fourth-order valence-corrected chi connectivity index (χ4v) is 2.67. The van der Waals surface area contributed by atoms with Crippen molar-refractivity contribution in [3.05, 3.63) is 29.3 Å². The molecule has 1 aromatic rings. The Kier molecular flexibility index (Phi) is 4.93. The minimum Gasteiger partial charge on any atom is -0.399 e. The number of hydrazone groups is 1. The molecule has 0 unspecified atom stereocenters. The molecule has 1 aliphatic carbocycles. The van der Waals surface area contributed by atoms with Crippen LogP contribution in [0.4, 0.5) is 5.69 Å². The molecular weight excluding hydrogens is 282 g/mol. The molecule has 4 nitrogen and oxygen atoms in total. The van der Waals surface area contributed by atoms with Gasteiger partial charge in [0, 0.05) is 22.4 Å². The van der Waals surface area contributed by atoms with Gasteiger partial charge in [-0.25, -0.2) is 5.43 Å². The maximum absolute atomic E-state index is 11.9. The molecule has 114 valence electrons. The van der Waals surface area contributed by atoms with Gasteiger partial charge in [0.1, 0.15) is 0 Å². The van der Waals surface area contributed by atoms with Crippen molar-refractivity contribution in [2.75, 3.05) is 5.73 Å². The normalized spacial score (nSPS) is 17.2. The van der Waals surface area contributed by atoms with E-state index in [9.17, 15) is 4.79 Å². The largest absolute Gasteiger partial charge is 0.399 e. The summed E-state index contributed by atoms with van der Waals surface area (Å²) in [4.78, 5) is 11.9. The van der Waals surface area contributed by atoms with Gasteiger partial charge in [-0.1, -0.05) is 19.9 Å². The first-order valence-electron chi connectivity index (χ1n) is 7.32. The van der Waals surface area contributed by atoms with Gasteiger partial charge < -0.3 is 5.73 Å². The zero-order valence-electron chi connectivity index (χ0n) is 12.6. The van der Waals surface area contributed by atoms with Crippen molar-refractivity contribution in [1.82, 2.24) is 5.43 Å². The van der Waals surface area contributed by atoms with Gasteiger partial charge in [0.15, 0.2) is 0 Å². The fraction of sp³-hybridized carbons (Fsp3) is 0.500. The number of nitrogens with one attached hydrogen (secondary N) is 1. The van der Waals surface area contributed by atoms with E-state index in [2.05, 4.69) is 23.2 Å². The molecule has 2 rings (SSSR count). The molecule has 0 atom stereocenters. The Labute approximate surface area is 131 Å². The molecule has 1 aliphatic rings. The SMILES string of the molecule is CC(C)(S)CC(=O)NN=C1CCCCc2cc(N)ccc21. The average Bonchev–Trinajstić information content (AvgIpc) is 2.56. The van der Waals surface area contributed by atoms with E-state index in [1.54, 1.807) is 0 Å². The summed E-state index contributed by atoms with van der Waals surface area (Å²) in [6.45, 7) is 3.82. The molecule has 0 saturated heterocycles. The summed E-state index contributed by atoms with van der Waals surface area (Å²) in [6, 6.07) is 5.90. The van der Waals surface area contributed by atoms with Gasteiger partial charge in [-0.05, 0) is 43.4 Å². The van der Waals surface area contributed by atoms with Crippen molar-refractivity contribution in [1.29, 1.82) is 0 Å². The lowest BCUT2D eigenvalue weighted by Crippen LogP contribution is -2.27. The number of rotatable bonds is 3. The van der Waals surface area contributed by atoms with E-state index in [0.29, 0.717) is 6.42 Å². The van der Waals surface area contributed by atoms with Crippen LogP contribution in [0.1, 0.15) is 50.7 Å². The molecule has 0 saturated carbocycles. The van der Waals surface area contributed by atoms with Crippen molar-refractivity contribution in [3.8, 4) is 0 Å². The molecule has 21 heavy (non-hydrogen) atoms. The third kappa shape index (κ3) is 4.77. The van der Waals surface area contributed by atoms with Gasteiger partial charge in [-0.3, -0.25) is 4.79 Å². The number of anilines is 1. The van der Waals surface area contributed by atoms with E-state index in [4.69, 9.17) is 5.73 Å². The van der Waals surface area contributed by atoms with Crippen LogP contribution in [0.5, 0.6) is 0 Å². The van der Waals surface area contributed by atoms with Crippen molar-refractivity contribution in [2.24, 2.45) is 5.10 Å². The number of carbonyl (C=O) groups excluding carboxylic acids is 1. The summed E-state index contributed by atoms with van der Waals surface area (Å²) in [5.74, 6) is -0.108. The predicted octanol–water partition coefficient (Wildman–Crippen LogP) is 2.91. The number of hydrogen-bond acceptors (Lipinski definition) is 4. The molecule has 5 heteroatoms. The topological polar surface area (TPSA) is 67.5 Å². The van der Waals surface area contributed by atoms with Crippen LogP contribution >= 0.6 is 12.6 Å². The van der Waals surface area contributed by atoms with Crippen LogP contribution < -0.4 is 11.2 Å². The molecule has 0 fully saturated rings. The summed E-state index contributed by atoms with van der Waals surface area (Å²) in [5, 5.41) is 4.34. The summed E-state index contributed by atoms with van der Waals surface area (Å²) in [5.41, 5.74) is 12.5. The second-order valence-corrected chi connectivity index (χ2v) is 7.42. The van der Waals surface area contributed by atoms with Crippen LogP contribution in [-0.2, 0) is 11.2 Å². The Morgan fingerprint density at radius 1 is 1.38 bits per heavy atom. The molecule has 0 heterocycles. The highest BCUT2D eigenvalue weighted by molar-refractivity contribution is 7.81. The Morgan fingerprint density at radius 3 is 2.81 bits per heavy atom. The van der Waals surface area contributed by atoms with Gasteiger partial charge in [0.2, 0.25) is 5.91 Å². The summed E-state index contributed by atoms with van der Waals surface area (Å²) >= 11 is 4.36. The lowest BCUT2D eigenvalue weighted by atomic mass is 10.0. The number of nitrogen functional groups attached to an aromatic ring is 1. The van der Waals surface area contributed by atoms with Crippen LogP contribution in [0.25, 0.3) is 0 Å². The van der Waals surface area contributed by atoms with Gasteiger partial charge in [0.25, 0.3) is 0 Å². The Morgan fingerprint density at radius 2 is 2.10 bits per heavy atom. The molecule has 1 amide bonds. The first kappa shape index (κ1) is 15.9. The lowest BCUT2D eigenvalue weighted by Gasteiger charge is -2.15. The van der Waals surface area contributed by atoms with Crippen LogP contribution in [0.3, 0.4) is 0 Å². The predicted molar refractivity (Wildman–Crippen MR) is 90.8 cm³/mol. The number of nitrogens with two attached hydrogens (primary N) is 1. The second kappa shape index (κ2) is 6.52. The first-order valence-corrected chi connectivity index (χ1v) is 7.76. The molecule has 0 aliphatic heterocycles. The van der Waals surface area contributed by atoms with E-state index < -0.39 is 0 Å². The van der Waals surface area contributed by atoms with Crippen LogP contribution in [0.15, 0.2) is 23.3 Å². The maximum atomic E-state index is 11.9. The van der Waals surface area contributed by atoms with E-state index in [1.807, 2.05) is 32.0 Å². The second-order valence-electron chi connectivity index (χ2n) is 6.21. The number of aryl methyl sites for hydroxylation is 1. The summed E-state index contributed by atoms with van der Waals surface area (Å²) in [7, 11) is 0. The van der Waals surface area contributed by atoms with Crippen LogP contribution in [-0.4, -0.2) is 16.4 Å². The fourth-order valence-electron chi connectivity index (χ4n) is 2.52. The zero-order valence-corrected chi connectivity index (χ0v) is 13.5. The van der Waals surface area contributed by atoms with Gasteiger partial charge in [-0.2, -0.15) is 17.7 Å². The van der Waals surface area contributed by atoms with Crippen molar-refractivity contribution in [2.45, 2.75) is 50.7 Å². The minimum atomic E-state index is -0.333. The molecule has 0 bridgehead atoms. The number of benzene rings is 1. The third-order valence-electron chi connectivity index (χ3n) is 3.46. The van der Waals surface area contributed by atoms with E-state index >= 15 is 0 Å². The van der Waals surface area contributed by atoms with Crippen LogP contribution in [0, 0.1) is 0 Å². The average molecular weight is 305 g/mol. The van der Waals surface area contributed by atoms with Crippen molar-refractivity contribution in [3.63, 3.8) is 0 Å². The van der Waals surface area contributed by atoms with E-state index in [1.165, 1.54) is 5.56 Å². The quantitative estimate of drug-likeness (QED) is 0.348. The van der Waals surface area contributed by atoms with Crippen LogP contribution in [0.2, 0.25) is 0 Å². The number of amides is 1. The highest BCUT2D eigenvalue weighted by atomic mass is 32.1. The van der Waals surface area contributed by atoms with Gasteiger partial charge in [-0.15, -0.1) is 0 Å². The van der Waals surface area contributed by atoms with Gasteiger partial charge >= 0.3 is 0 Å². The lowest BCUT2D eigenvalue weighted by molar-refractivity contribution is -0.121. The molecule has 3 N–H and O–H groups in total. The first-order chi connectivity index (χ1) is 9.85. The third-order valence-corrected chi connectivity index (χ3v) is 3.62. The minimum absolute atomic E-state index is 0.108. The van der Waals surface area contributed by atoms with Crippen molar-refractivity contribution >= 4 is 29.9 Å². The monoisotopic (exact) mass is 305 g/mol. The highest BCUT2D eigenvalue weighted by Crippen LogP contribution is 2.23. The standard InChI is InChI=1S/C16H23N3OS/c1-16(2,21)10-15(20)19-18-14-6-4-3-5-11-9-12(17)7-8-13(11)14/h7-9,21H,3-6,10,17H2,1-2H3,(H,19,20). The van der Waals surface area contributed by atoms with E-state index in [-0.39, 0.29) is 10.7 Å². The smallest absolute Gasteiger partial charge is 0.241 e. The van der Waals surface area contributed by atoms with Crippen molar-refractivity contribution < 1.29 is 4.79 Å². The number of nitrogens with zero attached hydrogens (tertiary/aromatic N) is 1. The number of thiol groups is 1. The molecule has 0 aromatic heterocycles. The molecular formula is C16H23N3OS. The van der Waals surface area contributed by atoms with E-state index in [0.717, 1.165) is 42.6 Å². The number of hydrogen-bond donors (Lipinski definition) is 3. The van der Waals surface area contributed by atoms with Gasteiger partial charge in [0.05, 0.1) is 5.71 Å². The Balaban J connectivity index is 2.16. The molecule has 1 aromatic carbocycles. The number of fused-ring (bicyclic) bond motifs is 1. The summed E-state index contributed by atoms with van der Waals surface area (Å²) in [6.07, 6.45) is 4.41. The highest BCUT2D eigenvalue weighted by Gasteiger charge is 2.18. The zero-order chi connectivity index (χ0) is 15.5.